The van der Waals surface area contributed by atoms with Crippen LogP contribution in [0.25, 0.3) is 0 Å². The first-order valence-electron chi connectivity index (χ1n) is 5.26. The Labute approximate surface area is 83.3 Å². The average Bonchev–Trinajstić information content (AvgIpc) is 2.82. The predicted octanol–water partition coefficient (Wildman–Crippen LogP) is 2.29. The highest BCUT2D eigenvalue weighted by Crippen LogP contribution is 2.57. The Balaban J connectivity index is 1.91. The van der Waals surface area contributed by atoms with Gasteiger partial charge in [-0.1, -0.05) is 12.1 Å². The number of hydrogen-bond acceptors (Lipinski definition) is 1. The van der Waals surface area contributed by atoms with Crippen LogP contribution in [0.2, 0.25) is 0 Å². The lowest BCUT2D eigenvalue weighted by molar-refractivity contribution is 0.501. The molecule has 1 nitrogen and oxygen atoms in total. The first-order chi connectivity index (χ1) is 6.80. The van der Waals surface area contributed by atoms with Crippen LogP contribution < -0.4 is 5.32 Å². The maximum absolute atomic E-state index is 12.8. The highest BCUT2D eigenvalue weighted by atomic mass is 19.1. The zero-order valence-electron chi connectivity index (χ0n) is 8.09. The minimum Gasteiger partial charge on any atom is -0.316 e. The van der Waals surface area contributed by atoms with Gasteiger partial charge < -0.3 is 5.32 Å². The molecule has 1 saturated heterocycles. The normalized spacial score (nSPS) is 28.2. The molecular formula is C12H14FN. The quantitative estimate of drug-likeness (QED) is 0.718. The van der Waals surface area contributed by atoms with E-state index in [0.29, 0.717) is 11.3 Å². The Kier molecular flexibility index (Phi) is 1.68. The molecular weight excluding hydrogens is 177 g/mol. The fourth-order valence-corrected chi connectivity index (χ4v) is 2.66. The second-order valence-electron chi connectivity index (χ2n) is 4.60. The summed E-state index contributed by atoms with van der Waals surface area (Å²) in [5, 5.41) is 3.44. The summed E-state index contributed by atoms with van der Waals surface area (Å²) < 4.78 is 12.8. The standard InChI is InChI=1S/C12H14FN/c13-10-3-1-9(2-4-10)11-7-14-8-12(11)5-6-12/h1-4,11,14H,5-8H2/t11-/m1/s1. The molecule has 14 heavy (non-hydrogen) atoms. The second kappa shape index (κ2) is 2.80. The molecule has 1 saturated carbocycles. The van der Waals surface area contributed by atoms with E-state index in [1.54, 1.807) is 12.1 Å². The number of nitrogens with one attached hydrogen (secondary N) is 1. The topological polar surface area (TPSA) is 12.0 Å². The fourth-order valence-electron chi connectivity index (χ4n) is 2.66. The minimum absolute atomic E-state index is 0.135. The molecule has 2 heteroatoms. The van der Waals surface area contributed by atoms with Gasteiger partial charge in [-0.25, -0.2) is 4.39 Å². The average molecular weight is 191 g/mol. The Morgan fingerprint density at radius 3 is 2.57 bits per heavy atom. The maximum atomic E-state index is 12.8. The van der Waals surface area contributed by atoms with Crippen molar-refractivity contribution in [2.75, 3.05) is 13.1 Å². The van der Waals surface area contributed by atoms with Crippen LogP contribution in [0.5, 0.6) is 0 Å². The molecule has 0 radical (unpaired) electrons. The summed E-state index contributed by atoms with van der Waals surface area (Å²) in [4.78, 5) is 0. The van der Waals surface area contributed by atoms with Crippen molar-refractivity contribution in [3.8, 4) is 0 Å². The Hall–Kier alpha value is -0.890. The van der Waals surface area contributed by atoms with E-state index in [9.17, 15) is 4.39 Å². The predicted molar refractivity (Wildman–Crippen MR) is 53.7 cm³/mol. The van der Waals surface area contributed by atoms with Crippen molar-refractivity contribution in [3.05, 3.63) is 35.6 Å². The van der Waals surface area contributed by atoms with Gasteiger partial charge in [0.25, 0.3) is 0 Å². The lowest BCUT2D eigenvalue weighted by atomic mass is 9.86. The molecule has 1 aromatic rings. The molecule has 1 aromatic carbocycles. The van der Waals surface area contributed by atoms with E-state index >= 15 is 0 Å². The van der Waals surface area contributed by atoms with Gasteiger partial charge in [-0.05, 0) is 36.0 Å². The van der Waals surface area contributed by atoms with E-state index in [2.05, 4.69) is 5.32 Å². The molecule has 0 unspecified atom stereocenters. The molecule has 1 atom stereocenters. The lowest BCUT2D eigenvalue weighted by Crippen LogP contribution is -2.11. The van der Waals surface area contributed by atoms with Gasteiger partial charge in [0, 0.05) is 19.0 Å². The van der Waals surface area contributed by atoms with E-state index in [-0.39, 0.29) is 5.82 Å². The number of benzene rings is 1. The molecule has 2 aliphatic rings. The van der Waals surface area contributed by atoms with Crippen LogP contribution in [0, 0.1) is 11.2 Å². The smallest absolute Gasteiger partial charge is 0.123 e. The van der Waals surface area contributed by atoms with Crippen molar-refractivity contribution in [2.24, 2.45) is 5.41 Å². The molecule has 74 valence electrons. The fraction of sp³-hybridized carbons (Fsp3) is 0.500. The third-order valence-electron chi connectivity index (χ3n) is 3.73. The monoisotopic (exact) mass is 191 g/mol. The molecule has 1 spiro atoms. The van der Waals surface area contributed by atoms with Crippen LogP contribution in [-0.2, 0) is 0 Å². The van der Waals surface area contributed by atoms with Crippen molar-refractivity contribution in [3.63, 3.8) is 0 Å². The molecule has 0 aromatic heterocycles. The molecule has 1 heterocycles. The van der Waals surface area contributed by atoms with E-state index in [0.717, 1.165) is 13.1 Å². The van der Waals surface area contributed by atoms with Crippen LogP contribution in [0.1, 0.15) is 24.3 Å². The van der Waals surface area contributed by atoms with Crippen LogP contribution in [0.4, 0.5) is 4.39 Å². The summed E-state index contributed by atoms with van der Waals surface area (Å²) in [6.45, 7) is 2.21. The van der Waals surface area contributed by atoms with Crippen LogP contribution in [-0.4, -0.2) is 13.1 Å². The van der Waals surface area contributed by atoms with Crippen LogP contribution >= 0.6 is 0 Å². The van der Waals surface area contributed by atoms with Gasteiger partial charge in [-0.15, -0.1) is 0 Å². The molecule has 1 aliphatic heterocycles. The van der Waals surface area contributed by atoms with Gasteiger partial charge in [0.2, 0.25) is 0 Å². The Bertz CT molecular complexity index is 340. The molecule has 0 amide bonds. The van der Waals surface area contributed by atoms with Crippen LogP contribution in [0.3, 0.4) is 0 Å². The summed E-state index contributed by atoms with van der Waals surface area (Å²) in [6.07, 6.45) is 2.67. The lowest BCUT2D eigenvalue weighted by Gasteiger charge is -2.17. The maximum Gasteiger partial charge on any atom is 0.123 e. The third-order valence-corrected chi connectivity index (χ3v) is 3.73. The summed E-state index contributed by atoms with van der Waals surface area (Å²) >= 11 is 0. The van der Waals surface area contributed by atoms with Gasteiger partial charge in [0.05, 0.1) is 0 Å². The van der Waals surface area contributed by atoms with Crippen molar-refractivity contribution < 1.29 is 4.39 Å². The summed E-state index contributed by atoms with van der Waals surface area (Å²) in [7, 11) is 0. The Morgan fingerprint density at radius 2 is 1.93 bits per heavy atom. The summed E-state index contributed by atoms with van der Waals surface area (Å²) in [6, 6.07) is 7.02. The van der Waals surface area contributed by atoms with E-state index in [1.165, 1.54) is 18.4 Å². The number of halogens is 1. The zero-order chi connectivity index (χ0) is 9.60. The van der Waals surface area contributed by atoms with Gasteiger partial charge >= 0.3 is 0 Å². The number of rotatable bonds is 1. The van der Waals surface area contributed by atoms with Crippen LogP contribution in [0.15, 0.2) is 24.3 Å². The Morgan fingerprint density at radius 1 is 1.21 bits per heavy atom. The summed E-state index contributed by atoms with van der Waals surface area (Å²) in [5.74, 6) is 0.479. The van der Waals surface area contributed by atoms with E-state index < -0.39 is 0 Å². The summed E-state index contributed by atoms with van der Waals surface area (Å²) in [5.41, 5.74) is 1.83. The largest absolute Gasteiger partial charge is 0.316 e. The molecule has 1 N–H and O–H groups in total. The van der Waals surface area contributed by atoms with Gasteiger partial charge in [-0.3, -0.25) is 0 Å². The van der Waals surface area contributed by atoms with Crippen molar-refractivity contribution in [2.45, 2.75) is 18.8 Å². The van der Waals surface area contributed by atoms with Gasteiger partial charge in [-0.2, -0.15) is 0 Å². The molecule has 3 rings (SSSR count). The SMILES string of the molecule is Fc1ccc([C@H]2CNCC23CC3)cc1. The highest BCUT2D eigenvalue weighted by Gasteiger charge is 2.52. The molecule has 0 bridgehead atoms. The van der Waals surface area contributed by atoms with Crippen molar-refractivity contribution >= 4 is 0 Å². The van der Waals surface area contributed by atoms with E-state index in [4.69, 9.17) is 0 Å². The first-order valence-corrected chi connectivity index (χ1v) is 5.26. The molecule has 1 aliphatic carbocycles. The van der Waals surface area contributed by atoms with Gasteiger partial charge in [0.1, 0.15) is 5.82 Å². The first kappa shape index (κ1) is 8.42. The van der Waals surface area contributed by atoms with Crippen molar-refractivity contribution in [1.29, 1.82) is 0 Å². The van der Waals surface area contributed by atoms with Gasteiger partial charge in [0.15, 0.2) is 0 Å². The van der Waals surface area contributed by atoms with Crippen molar-refractivity contribution in [1.82, 2.24) is 5.32 Å². The number of hydrogen-bond donors (Lipinski definition) is 1. The third kappa shape index (κ3) is 1.17. The van der Waals surface area contributed by atoms with E-state index in [1.807, 2.05) is 12.1 Å². The highest BCUT2D eigenvalue weighted by molar-refractivity contribution is 5.28. The minimum atomic E-state index is -0.135. The molecule has 2 fully saturated rings. The second-order valence-corrected chi connectivity index (χ2v) is 4.60. The zero-order valence-corrected chi connectivity index (χ0v) is 8.09.